The van der Waals surface area contributed by atoms with Crippen molar-refractivity contribution in [3.8, 4) is 5.75 Å². The van der Waals surface area contributed by atoms with Crippen LogP contribution in [0, 0.1) is 0 Å². The molecule has 2 atom stereocenters. The summed E-state index contributed by atoms with van der Waals surface area (Å²) in [5.74, 6) is 0.965. The molecule has 1 aliphatic heterocycles. The molecule has 100 valence electrons. The summed E-state index contributed by atoms with van der Waals surface area (Å²) < 4.78 is 11.2. The number of ether oxygens (including phenoxy) is 2. The van der Waals surface area contributed by atoms with E-state index in [-0.39, 0.29) is 0 Å². The normalized spacial score (nSPS) is 23.2. The molecule has 3 heteroatoms. The topological polar surface area (TPSA) is 30.5 Å². The summed E-state index contributed by atoms with van der Waals surface area (Å²) in [7, 11) is 0. The fourth-order valence-corrected chi connectivity index (χ4v) is 2.21. The predicted molar refractivity (Wildman–Crippen MR) is 72.9 cm³/mol. The molecule has 2 unspecified atom stereocenters. The van der Waals surface area contributed by atoms with Crippen molar-refractivity contribution in [2.24, 2.45) is 0 Å². The smallest absolute Gasteiger partial charge is 0.119 e. The minimum Gasteiger partial charge on any atom is -0.494 e. The zero-order chi connectivity index (χ0) is 12.8. The van der Waals surface area contributed by atoms with E-state index in [9.17, 15) is 0 Å². The lowest BCUT2D eigenvalue weighted by atomic mass is 10.1. The quantitative estimate of drug-likeness (QED) is 0.841. The van der Waals surface area contributed by atoms with Gasteiger partial charge in [0.2, 0.25) is 0 Å². The monoisotopic (exact) mass is 249 g/mol. The van der Waals surface area contributed by atoms with Crippen molar-refractivity contribution in [1.82, 2.24) is 5.32 Å². The summed E-state index contributed by atoms with van der Waals surface area (Å²) in [6.45, 7) is 6.78. The van der Waals surface area contributed by atoms with Crippen LogP contribution in [0.4, 0.5) is 0 Å². The Morgan fingerprint density at radius 1 is 1.44 bits per heavy atom. The second-order valence-electron chi connectivity index (χ2n) is 4.85. The van der Waals surface area contributed by atoms with Gasteiger partial charge in [-0.15, -0.1) is 0 Å². The Labute approximate surface area is 109 Å². The molecule has 0 spiro atoms. The highest BCUT2D eigenvalue weighted by Crippen LogP contribution is 2.16. The van der Waals surface area contributed by atoms with Crippen molar-refractivity contribution < 1.29 is 9.47 Å². The van der Waals surface area contributed by atoms with Crippen molar-refractivity contribution in [2.45, 2.75) is 45.4 Å². The maximum atomic E-state index is 5.64. The molecular formula is C15H23NO2. The van der Waals surface area contributed by atoms with Gasteiger partial charge in [0.15, 0.2) is 0 Å². The van der Waals surface area contributed by atoms with Gasteiger partial charge in [-0.1, -0.05) is 19.1 Å². The lowest BCUT2D eigenvalue weighted by Gasteiger charge is -2.16. The molecule has 18 heavy (non-hydrogen) atoms. The van der Waals surface area contributed by atoms with Gasteiger partial charge in [0.05, 0.1) is 12.7 Å². The third kappa shape index (κ3) is 3.72. The lowest BCUT2D eigenvalue weighted by molar-refractivity contribution is 0.113. The van der Waals surface area contributed by atoms with E-state index < -0.39 is 0 Å². The van der Waals surface area contributed by atoms with Crippen LogP contribution < -0.4 is 10.1 Å². The Hall–Kier alpha value is -1.06. The van der Waals surface area contributed by atoms with Crippen molar-refractivity contribution in [1.29, 1.82) is 0 Å². The van der Waals surface area contributed by atoms with Crippen molar-refractivity contribution in [3.05, 3.63) is 29.8 Å². The van der Waals surface area contributed by atoms with Crippen LogP contribution in [-0.2, 0) is 11.3 Å². The van der Waals surface area contributed by atoms with Crippen LogP contribution in [0.1, 0.15) is 32.3 Å². The van der Waals surface area contributed by atoms with E-state index in [4.69, 9.17) is 9.47 Å². The molecule has 0 aliphatic carbocycles. The largest absolute Gasteiger partial charge is 0.494 e. The van der Waals surface area contributed by atoms with E-state index >= 15 is 0 Å². The van der Waals surface area contributed by atoms with Crippen LogP contribution in [0.2, 0.25) is 0 Å². The van der Waals surface area contributed by atoms with Gasteiger partial charge in [-0.05, 0) is 37.5 Å². The molecule has 1 heterocycles. The standard InChI is InChI=1S/C15H23NO2/c1-3-8-18-14-6-4-5-13(10-14)11-16-15-7-9-17-12(15)2/h4-6,10,12,15-16H,3,7-9,11H2,1-2H3. The van der Waals surface area contributed by atoms with Gasteiger partial charge in [-0.25, -0.2) is 0 Å². The average Bonchev–Trinajstić information content (AvgIpc) is 2.80. The molecular weight excluding hydrogens is 226 g/mol. The van der Waals surface area contributed by atoms with Crippen LogP contribution in [0.5, 0.6) is 5.75 Å². The average molecular weight is 249 g/mol. The molecule has 0 bridgehead atoms. The summed E-state index contributed by atoms with van der Waals surface area (Å²) in [5.41, 5.74) is 1.27. The van der Waals surface area contributed by atoms with Gasteiger partial charge >= 0.3 is 0 Å². The first kappa shape index (κ1) is 13.4. The zero-order valence-electron chi connectivity index (χ0n) is 11.3. The predicted octanol–water partition coefficient (Wildman–Crippen LogP) is 2.74. The van der Waals surface area contributed by atoms with E-state index in [1.54, 1.807) is 0 Å². The van der Waals surface area contributed by atoms with Crippen molar-refractivity contribution >= 4 is 0 Å². The Balaban J connectivity index is 1.84. The first-order valence-electron chi connectivity index (χ1n) is 6.86. The lowest BCUT2D eigenvalue weighted by Crippen LogP contribution is -2.34. The van der Waals surface area contributed by atoms with E-state index in [1.165, 1.54) is 5.56 Å². The molecule has 0 radical (unpaired) electrons. The third-order valence-corrected chi connectivity index (χ3v) is 3.32. The van der Waals surface area contributed by atoms with Crippen molar-refractivity contribution in [2.75, 3.05) is 13.2 Å². The van der Waals surface area contributed by atoms with Crippen LogP contribution in [-0.4, -0.2) is 25.4 Å². The highest BCUT2D eigenvalue weighted by molar-refractivity contribution is 5.28. The molecule has 2 rings (SSSR count). The zero-order valence-corrected chi connectivity index (χ0v) is 11.3. The van der Waals surface area contributed by atoms with Gasteiger partial charge < -0.3 is 14.8 Å². The second kappa shape index (κ2) is 6.76. The fraction of sp³-hybridized carbons (Fsp3) is 0.600. The van der Waals surface area contributed by atoms with Gasteiger partial charge in [0.1, 0.15) is 5.75 Å². The number of benzene rings is 1. The first-order valence-corrected chi connectivity index (χ1v) is 6.86. The van der Waals surface area contributed by atoms with Crippen molar-refractivity contribution in [3.63, 3.8) is 0 Å². The summed E-state index contributed by atoms with van der Waals surface area (Å²) in [6.07, 6.45) is 2.47. The molecule has 0 saturated carbocycles. The first-order chi connectivity index (χ1) is 8.79. The van der Waals surface area contributed by atoms with E-state index in [0.717, 1.165) is 38.3 Å². The fourth-order valence-electron chi connectivity index (χ4n) is 2.21. The maximum absolute atomic E-state index is 5.64. The molecule has 1 aliphatic rings. The van der Waals surface area contributed by atoms with Gasteiger partial charge in [0, 0.05) is 19.2 Å². The van der Waals surface area contributed by atoms with Crippen LogP contribution in [0.3, 0.4) is 0 Å². The summed E-state index contributed by atoms with van der Waals surface area (Å²) in [6, 6.07) is 8.79. The number of hydrogen-bond acceptors (Lipinski definition) is 3. The number of rotatable bonds is 6. The number of nitrogens with one attached hydrogen (secondary N) is 1. The van der Waals surface area contributed by atoms with Gasteiger partial charge in [-0.2, -0.15) is 0 Å². The highest BCUT2D eigenvalue weighted by atomic mass is 16.5. The van der Waals surface area contributed by atoms with E-state index in [2.05, 4.69) is 37.4 Å². The molecule has 1 aromatic rings. The molecule has 1 saturated heterocycles. The summed E-state index contributed by atoms with van der Waals surface area (Å²) in [4.78, 5) is 0. The maximum Gasteiger partial charge on any atom is 0.119 e. The highest BCUT2D eigenvalue weighted by Gasteiger charge is 2.23. The Morgan fingerprint density at radius 2 is 2.33 bits per heavy atom. The minimum absolute atomic E-state index is 0.324. The Bertz CT molecular complexity index is 367. The number of hydrogen-bond donors (Lipinski definition) is 1. The minimum atomic E-state index is 0.324. The third-order valence-electron chi connectivity index (χ3n) is 3.32. The van der Waals surface area contributed by atoms with Crippen LogP contribution in [0.25, 0.3) is 0 Å². The SMILES string of the molecule is CCCOc1cccc(CNC2CCOC2C)c1. The van der Waals surface area contributed by atoms with Crippen LogP contribution in [0.15, 0.2) is 24.3 Å². The molecule has 1 fully saturated rings. The Morgan fingerprint density at radius 3 is 3.06 bits per heavy atom. The summed E-state index contributed by atoms with van der Waals surface area (Å²) in [5, 5.41) is 3.55. The molecule has 1 aromatic carbocycles. The molecule has 3 nitrogen and oxygen atoms in total. The van der Waals surface area contributed by atoms with E-state index in [1.807, 2.05) is 6.07 Å². The van der Waals surface area contributed by atoms with Gasteiger partial charge in [0.25, 0.3) is 0 Å². The van der Waals surface area contributed by atoms with E-state index in [0.29, 0.717) is 12.1 Å². The molecule has 0 aromatic heterocycles. The molecule has 0 amide bonds. The Kier molecular flexibility index (Phi) is 5.02. The second-order valence-corrected chi connectivity index (χ2v) is 4.85. The van der Waals surface area contributed by atoms with Gasteiger partial charge in [-0.3, -0.25) is 0 Å². The van der Waals surface area contributed by atoms with Crippen LogP contribution >= 0.6 is 0 Å². The summed E-state index contributed by atoms with van der Waals surface area (Å²) >= 11 is 0. The molecule has 1 N–H and O–H groups in total.